The normalized spacial score (nSPS) is 12.5. The van der Waals surface area contributed by atoms with Crippen molar-refractivity contribution in [3.63, 3.8) is 0 Å². The molecular formula is C11H16N2. The molecule has 1 unspecified atom stereocenters. The van der Waals surface area contributed by atoms with E-state index in [2.05, 4.69) is 24.6 Å². The predicted molar refractivity (Wildman–Crippen MR) is 55.4 cm³/mol. The zero-order valence-electron chi connectivity index (χ0n) is 8.03. The lowest BCUT2D eigenvalue weighted by Gasteiger charge is -2.12. The zero-order valence-corrected chi connectivity index (χ0v) is 8.03. The van der Waals surface area contributed by atoms with Gasteiger partial charge < -0.3 is 5.73 Å². The van der Waals surface area contributed by atoms with Crippen LogP contribution in [0.15, 0.2) is 31.0 Å². The van der Waals surface area contributed by atoms with Crippen molar-refractivity contribution in [1.29, 1.82) is 0 Å². The highest BCUT2D eigenvalue weighted by atomic mass is 14.8. The van der Waals surface area contributed by atoms with E-state index in [0.29, 0.717) is 0 Å². The molecule has 13 heavy (non-hydrogen) atoms. The van der Waals surface area contributed by atoms with Crippen LogP contribution in [-0.4, -0.2) is 4.98 Å². The largest absolute Gasteiger partial charge is 0.322 e. The maximum Gasteiger partial charge on any atom is 0.0605 e. The van der Waals surface area contributed by atoms with Gasteiger partial charge >= 0.3 is 0 Å². The fourth-order valence-electron chi connectivity index (χ4n) is 1.37. The van der Waals surface area contributed by atoms with Crippen molar-refractivity contribution >= 4 is 0 Å². The van der Waals surface area contributed by atoms with Crippen LogP contribution in [0.3, 0.4) is 0 Å². The minimum Gasteiger partial charge on any atom is -0.322 e. The number of hydrogen-bond acceptors (Lipinski definition) is 2. The summed E-state index contributed by atoms with van der Waals surface area (Å²) in [4.78, 5) is 4.30. The summed E-state index contributed by atoms with van der Waals surface area (Å²) in [5.41, 5.74) is 8.19. The van der Waals surface area contributed by atoms with Crippen LogP contribution >= 0.6 is 0 Å². The molecule has 1 rings (SSSR count). The van der Waals surface area contributed by atoms with Gasteiger partial charge in [0.25, 0.3) is 0 Å². The summed E-state index contributed by atoms with van der Waals surface area (Å²) in [7, 11) is 0. The summed E-state index contributed by atoms with van der Waals surface area (Å²) in [6, 6.07) is 4.02. The van der Waals surface area contributed by atoms with E-state index in [1.807, 2.05) is 12.1 Å². The Morgan fingerprint density at radius 3 is 3.08 bits per heavy atom. The summed E-state index contributed by atoms with van der Waals surface area (Å²) < 4.78 is 0. The number of nitrogens with two attached hydrogens (primary N) is 1. The van der Waals surface area contributed by atoms with Gasteiger partial charge in [-0.15, -0.1) is 6.58 Å². The molecule has 0 aromatic carbocycles. The number of pyridine rings is 1. The number of aryl methyl sites for hydroxylation is 1. The molecular weight excluding hydrogens is 160 g/mol. The van der Waals surface area contributed by atoms with E-state index in [1.54, 1.807) is 6.20 Å². The van der Waals surface area contributed by atoms with Crippen molar-refractivity contribution in [2.45, 2.75) is 25.8 Å². The van der Waals surface area contributed by atoms with Gasteiger partial charge in [0, 0.05) is 6.20 Å². The highest BCUT2D eigenvalue weighted by molar-refractivity contribution is 5.22. The van der Waals surface area contributed by atoms with Gasteiger partial charge in [0.05, 0.1) is 11.7 Å². The lowest BCUT2D eigenvalue weighted by atomic mass is 10.0. The standard InChI is InChI=1S/C11H16N2/c1-3-6-10(12)11-9(4-2)7-5-8-13-11/h3,5,7-8,10H,1,4,6,12H2,2H3. The highest BCUT2D eigenvalue weighted by Crippen LogP contribution is 2.16. The van der Waals surface area contributed by atoms with Gasteiger partial charge in [0.1, 0.15) is 0 Å². The first kappa shape index (κ1) is 9.93. The lowest BCUT2D eigenvalue weighted by molar-refractivity contribution is 0.701. The maximum absolute atomic E-state index is 5.95. The second-order valence-corrected chi connectivity index (χ2v) is 3.03. The third-order valence-electron chi connectivity index (χ3n) is 2.08. The van der Waals surface area contributed by atoms with Crippen molar-refractivity contribution in [3.8, 4) is 0 Å². The van der Waals surface area contributed by atoms with Crippen LogP contribution in [0.1, 0.15) is 30.6 Å². The van der Waals surface area contributed by atoms with Gasteiger partial charge in [0.15, 0.2) is 0 Å². The van der Waals surface area contributed by atoms with Gasteiger partial charge in [-0.1, -0.05) is 19.1 Å². The second kappa shape index (κ2) is 4.77. The molecule has 0 spiro atoms. The molecule has 2 heteroatoms. The molecule has 0 aliphatic carbocycles. The highest BCUT2D eigenvalue weighted by Gasteiger charge is 2.08. The second-order valence-electron chi connectivity index (χ2n) is 3.03. The van der Waals surface area contributed by atoms with Crippen LogP contribution < -0.4 is 5.73 Å². The molecule has 0 fully saturated rings. The van der Waals surface area contributed by atoms with Crippen LogP contribution in [-0.2, 0) is 6.42 Å². The summed E-state index contributed by atoms with van der Waals surface area (Å²) in [5, 5.41) is 0. The molecule has 1 atom stereocenters. The Morgan fingerprint density at radius 1 is 1.69 bits per heavy atom. The minimum absolute atomic E-state index is 0.00588. The van der Waals surface area contributed by atoms with Crippen LogP contribution in [0.4, 0.5) is 0 Å². The van der Waals surface area contributed by atoms with E-state index in [0.717, 1.165) is 18.5 Å². The van der Waals surface area contributed by atoms with E-state index in [1.165, 1.54) is 5.56 Å². The number of rotatable bonds is 4. The molecule has 0 aliphatic rings. The van der Waals surface area contributed by atoms with Crippen LogP contribution in [0, 0.1) is 0 Å². The van der Waals surface area contributed by atoms with Gasteiger partial charge in [-0.3, -0.25) is 4.98 Å². The first-order valence-electron chi connectivity index (χ1n) is 4.59. The third kappa shape index (κ3) is 2.39. The first-order valence-corrected chi connectivity index (χ1v) is 4.59. The molecule has 0 aliphatic heterocycles. The average molecular weight is 176 g/mol. The number of nitrogens with zero attached hydrogens (tertiary/aromatic N) is 1. The van der Waals surface area contributed by atoms with Gasteiger partial charge in [0.2, 0.25) is 0 Å². The van der Waals surface area contributed by atoms with E-state index in [9.17, 15) is 0 Å². The van der Waals surface area contributed by atoms with E-state index in [-0.39, 0.29) is 6.04 Å². The summed E-state index contributed by atoms with van der Waals surface area (Å²) in [5.74, 6) is 0. The summed E-state index contributed by atoms with van der Waals surface area (Å²) >= 11 is 0. The Kier molecular flexibility index (Phi) is 3.65. The number of hydrogen-bond donors (Lipinski definition) is 1. The predicted octanol–water partition coefficient (Wildman–Crippen LogP) is 2.22. The van der Waals surface area contributed by atoms with E-state index < -0.39 is 0 Å². The topological polar surface area (TPSA) is 38.9 Å². The van der Waals surface area contributed by atoms with Crippen molar-refractivity contribution in [2.24, 2.45) is 5.73 Å². The third-order valence-corrected chi connectivity index (χ3v) is 2.08. The lowest BCUT2D eigenvalue weighted by Crippen LogP contribution is -2.13. The quantitative estimate of drug-likeness (QED) is 0.714. The number of aromatic nitrogens is 1. The zero-order chi connectivity index (χ0) is 9.68. The minimum atomic E-state index is -0.00588. The van der Waals surface area contributed by atoms with E-state index in [4.69, 9.17) is 5.73 Å². The SMILES string of the molecule is C=CCC(N)c1ncccc1CC. The van der Waals surface area contributed by atoms with Crippen LogP contribution in [0.25, 0.3) is 0 Å². The first-order chi connectivity index (χ1) is 6.29. The molecule has 0 saturated carbocycles. The molecule has 1 heterocycles. The Hall–Kier alpha value is -1.15. The molecule has 1 aromatic rings. The molecule has 70 valence electrons. The molecule has 0 radical (unpaired) electrons. The maximum atomic E-state index is 5.95. The van der Waals surface area contributed by atoms with Gasteiger partial charge in [-0.05, 0) is 24.5 Å². The Balaban J connectivity index is 2.91. The van der Waals surface area contributed by atoms with Gasteiger partial charge in [-0.25, -0.2) is 0 Å². The van der Waals surface area contributed by atoms with Crippen molar-refractivity contribution in [1.82, 2.24) is 4.98 Å². The molecule has 0 saturated heterocycles. The van der Waals surface area contributed by atoms with Crippen LogP contribution in [0.5, 0.6) is 0 Å². The molecule has 1 aromatic heterocycles. The monoisotopic (exact) mass is 176 g/mol. The molecule has 0 amide bonds. The van der Waals surface area contributed by atoms with E-state index >= 15 is 0 Å². The fraction of sp³-hybridized carbons (Fsp3) is 0.364. The Bertz CT molecular complexity index is 281. The molecule has 0 bridgehead atoms. The van der Waals surface area contributed by atoms with Gasteiger partial charge in [-0.2, -0.15) is 0 Å². The average Bonchev–Trinajstić information content (AvgIpc) is 2.18. The smallest absolute Gasteiger partial charge is 0.0605 e. The molecule has 2 nitrogen and oxygen atoms in total. The Morgan fingerprint density at radius 2 is 2.46 bits per heavy atom. The summed E-state index contributed by atoms with van der Waals surface area (Å²) in [6.07, 6.45) is 5.38. The fourth-order valence-corrected chi connectivity index (χ4v) is 1.37. The van der Waals surface area contributed by atoms with Crippen molar-refractivity contribution < 1.29 is 0 Å². The van der Waals surface area contributed by atoms with Crippen molar-refractivity contribution in [2.75, 3.05) is 0 Å². The Labute approximate surface area is 79.5 Å². The van der Waals surface area contributed by atoms with Crippen molar-refractivity contribution in [3.05, 3.63) is 42.2 Å². The van der Waals surface area contributed by atoms with Crippen LogP contribution in [0.2, 0.25) is 0 Å². The molecule has 2 N–H and O–H groups in total. The summed E-state index contributed by atoms with van der Waals surface area (Å²) in [6.45, 7) is 5.79.